The second kappa shape index (κ2) is 8.78. The molecule has 2 aliphatic rings. The van der Waals surface area contributed by atoms with Crippen molar-refractivity contribution in [3.8, 4) is 0 Å². The summed E-state index contributed by atoms with van der Waals surface area (Å²) in [6.45, 7) is 7.67. The first-order valence-electron chi connectivity index (χ1n) is 10.7. The molecule has 2 aromatic rings. The number of nitrogens with one attached hydrogen (secondary N) is 1. The Morgan fingerprint density at radius 2 is 2.00 bits per heavy atom. The van der Waals surface area contributed by atoms with Crippen LogP contribution in [0.5, 0.6) is 0 Å². The highest BCUT2D eigenvalue weighted by molar-refractivity contribution is 7.15. The summed E-state index contributed by atoms with van der Waals surface area (Å²) < 4.78 is 0. The summed E-state index contributed by atoms with van der Waals surface area (Å²) in [5.41, 5.74) is 2.90. The second-order valence-electron chi connectivity index (χ2n) is 8.78. The highest BCUT2D eigenvalue weighted by Crippen LogP contribution is 2.31. The number of fused-ring (bicyclic) bond motifs is 1. The van der Waals surface area contributed by atoms with Gasteiger partial charge in [0.15, 0.2) is 5.13 Å². The van der Waals surface area contributed by atoms with Gasteiger partial charge in [0, 0.05) is 42.9 Å². The molecular weight excluding hydrogens is 412 g/mol. The number of hydrogen-bond acceptors (Lipinski definition) is 5. The fourth-order valence-corrected chi connectivity index (χ4v) is 5.03. The Bertz CT molecular complexity index is 999. The van der Waals surface area contributed by atoms with Crippen LogP contribution in [0.4, 0.5) is 10.8 Å². The lowest BCUT2D eigenvalue weighted by Gasteiger charge is -2.26. The van der Waals surface area contributed by atoms with Gasteiger partial charge in [-0.3, -0.25) is 14.4 Å². The van der Waals surface area contributed by atoms with Crippen LogP contribution >= 0.6 is 11.3 Å². The molecule has 3 heterocycles. The van der Waals surface area contributed by atoms with E-state index in [1.54, 1.807) is 4.90 Å². The molecule has 1 unspecified atom stereocenters. The van der Waals surface area contributed by atoms with Crippen molar-refractivity contribution in [2.75, 3.05) is 23.3 Å². The van der Waals surface area contributed by atoms with Crippen LogP contribution in [0.15, 0.2) is 24.3 Å². The van der Waals surface area contributed by atoms with E-state index in [0.29, 0.717) is 43.5 Å². The lowest BCUT2D eigenvalue weighted by Crippen LogP contribution is -2.36. The first-order chi connectivity index (χ1) is 14.8. The number of amides is 3. The lowest BCUT2D eigenvalue weighted by molar-refractivity contribution is -0.132. The van der Waals surface area contributed by atoms with E-state index in [2.05, 4.69) is 10.3 Å². The molecule has 1 aromatic carbocycles. The molecule has 31 heavy (non-hydrogen) atoms. The van der Waals surface area contributed by atoms with E-state index in [1.165, 1.54) is 11.3 Å². The van der Waals surface area contributed by atoms with E-state index >= 15 is 0 Å². The highest BCUT2D eigenvalue weighted by atomic mass is 32.1. The minimum absolute atomic E-state index is 0.0401. The molecule has 1 N–H and O–H groups in total. The van der Waals surface area contributed by atoms with Crippen molar-refractivity contribution in [3.05, 3.63) is 40.4 Å². The van der Waals surface area contributed by atoms with Crippen molar-refractivity contribution in [1.82, 2.24) is 9.88 Å². The summed E-state index contributed by atoms with van der Waals surface area (Å²) in [7, 11) is 0. The molecule has 164 valence electrons. The van der Waals surface area contributed by atoms with Gasteiger partial charge in [-0.1, -0.05) is 42.9 Å². The standard InChI is InChI=1S/C23H28N4O3S/c1-14(2)10-20(28)26-9-8-18-19(13-26)31-23(24-18)25-22(30)16-11-21(29)27(12-16)17-6-4-15(3)5-7-17/h4-7,14,16H,8-13H2,1-3H3,(H,24,25,30). The monoisotopic (exact) mass is 440 g/mol. The van der Waals surface area contributed by atoms with Gasteiger partial charge in [-0.15, -0.1) is 0 Å². The Morgan fingerprint density at radius 3 is 2.71 bits per heavy atom. The number of hydrogen-bond donors (Lipinski definition) is 1. The summed E-state index contributed by atoms with van der Waals surface area (Å²) in [5.74, 6) is -0.124. The van der Waals surface area contributed by atoms with Gasteiger partial charge in [0.25, 0.3) is 0 Å². The maximum Gasteiger partial charge on any atom is 0.231 e. The Balaban J connectivity index is 1.38. The smallest absolute Gasteiger partial charge is 0.231 e. The number of carbonyl (C=O) groups is 3. The van der Waals surface area contributed by atoms with Crippen LogP contribution < -0.4 is 10.2 Å². The maximum atomic E-state index is 12.8. The van der Waals surface area contributed by atoms with Crippen LogP contribution in [-0.4, -0.2) is 40.7 Å². The van der Waals surface area contributed by atoms with Crippen LogP contribution in [0.3, 0.4) is 0 Å². The quantitative estimate of drug-likeness (QED) is 0.773. The van der Waals surface area contributed by atoms with E-state index in [1.807, 2.05) is 49.9 Å². The number of carbonyl (C=O) groups excluding carboxylic acids is 3. The van der Waals surface area contributed by atoms with Gasteiger partial charge in [-0.2, -0.15) is 0 Å². The third-order valence-electron chi connectivity index (χ3n) is 5.74. The summed E-state index contributed by atoms with van der Waals surface area (Å²) in [4.78, 5) is 46.8. The number of aryl methyl sites for hydroxylation is 1. The van der Waals surface area contributed by atoms with Crippen LogP contribution in [-0.2, 0) is 27.3 Å². The number of anilines is 2. The molecule has 0 aliphatic carbocycles. The van der Waals surface area contributed by atoms with Gasteiger partial charge in [0.2, 0.25) is 17.7 Å². The molecule has 0 spiro atoms. The third kappa shape index (κ3) is 4.79. The highest BCUT2D eigenvalue weighted by Gasteiger charge is 2.35. The van der Waals surface area contributed by atoms with Gasteiger partial charge < -0.3 is 15.1 Å². The first-order valence-corrected chi connectivity index (χ1v) is 11.6. The molecule has 2 aliphatic heterocycles. The zero-order chi connectivity index (χ0) is 22.1. The van der Waals surface area contributed by atoms with Crippen LogP contribution in [0.1, 0.15) is 42.8 Å². The molecule has 0 saturated carbocycles. The van der Waals surface area contributed by atoms with Crippen LogP contribution in [0.2, 0.25) is 0 Å². The fraction of sp³-hybridized carbons (Fsp3) is 0.478. The molecule has 7 nitrogen and oxygen atoms in total. The third-order valence-corrected chi connectivity index (χ3v) is 6.74. The molecule has 1 atom stereocenters. The van der Waals surface area contributed by atoms with Gasteiger partial charge in [0.1, 0.15) is 0 Å². The molecule has 8 heteroatoms. The SMILES string of the molecule is Cc1ccc(N2CC(C(=O)Nc3nc4c(s3)CN(C(=O)CC(C)C)CC4)CC2=O)cc1. The Hall–Kier alpha value is -2.74. The molecule has 4 rings (SSSR count). The molecular formula is C23H28N4O3S. The van der Waals surface area contributed by atoms with E-state index < -0.39 is 5.92 Å². The van der Waals surface area contributed by atoms with E-state index in [9.17, 15) is 14.4 Å². The minimum Gasteiger partial charge on any atom is -0.337 e. The second-order valence-corrected chi connectivity index (χ2v) is 9.87. The molecule has 0 radical (unpaired) electrons. The summed E-state index contributed by atoms with van der Waals surface area (Å²) >= 11 is 1.43. The average molecular weight is 441 g/mol. The van der Waals surface area contributed by atoms with Gasteiger partial charge in [-0.05, 0) is 25.0 Å². The molecule has 0 bridgehead atoms. The van der Waals surface area contributed by atoms with Crippen LogP contribution in [0, 0.1) is 18.8 Å². The van der Waals surface area contributed by atoms with Crippen molar-refractivity contribution in [2.24, 2.45) is 11.8 Å². The molecule has 1 fully saturated rings. The van der Waals surface area contributed by atoms with Gasteiger partial charge in [-0.25, -0.2) is 4.98 Å². The number of benzene rings is 1. The largest absolute Gasteiger partial charge is 0.337 e. The summed E-state index contributed by atoms with van der Waals surface area (Å²) in [6.07, 6.45) is 1.45. The number of thiazole rings is 1. The number of nitrogens with zero attached hydrogens (tertiary/aromatic N) is 3. The molecule has 3 amide bonds. The summed E-state index contributed by atoms with van der Waals surface area (Å²) in [6, 6.07) is 7.75. The average Bonchev–Trinajstić information content (AvgIpc) is 3.30. The van der Waals surface area contributed by atoms with Crippen molar-refractivity contribution < 1.29 is 14.4 Å². The first kappa shape index (κ1) is 21.5. The Labute approximate surface area is 186 Å². The van der Waals surface area contributed by atoms with Gasteiger partial charge in [0.05, 0.1) is 18.2 Å². The van der Waals surface area contributed by atoms with E-state index in [0.717, 1.165) is 21.8 Å². The Kier molecular flexibility index (Phi) is 6.09. The zero-order valence-corrected chi connectivity index (χ0v) is 19.0. The fourth-order valence-electron chi connectivity index (χ4n) is 4.01. The van der Waals surface area contributed by atoms with Crippen molar-refractivity contribution >= 4 is 39.9 Å². The van der Waals surface area contributed by atoms with Crippen molar-refractivity contribution in [2.45, 2.75) is 46.6 Å². The lowest BCUT2D eigenvalue weighted by atomic mass is 10.1. The van der Waals surface area contributed by atoms with Crippen molar-refractivity contribution in [3.63, 3.8) is 0 Å². The maximum absolute atomic E-state index is 12.8. The number of aromatic nitrogens is 1. The van der Waals surface area contributed by atoms with E-state index in [-0.39, 0.29) is 24.1 Å². The summed E-state index contributed by atoms with van der Waals surface area (Å²) in [5, 5.41) is 3.46. The van der Waals surface area contributed by atoms with Gasteiger partial charge >= 0.3 is 0 Å². The molecule has 1 aromatic heterocycles. The van der Waals surface area contributed by atoms with Crippen molar-refractivity contribution in [1.29, 1.82) is 0 Å². The predicted molar refractivity (Wildman–Crippen MR) is 121 cm³/mol. The minimum atomic E-state index is -0.404. The zero-order valence-electron chi connectivity index (χ0n) is 18.2. The van der Waals surface area contributed by atoms with E-state index in [4.69, 9.17) is 0 Å². The molecule has 1 saturated heterocycles. The normalized spacial score (nSPS) is 18.5. The number of rotatable bonds is 5. The topological polar surface area (TPSA) is 82.6 Å². The van der Waals surface area contributed by atoms with Crippen LogP contribution in [0.25, 0.3) is 0 Å². The Morgan fingerprint density at radius 1 is 1.26 bits per heavy atom. The predicted octanol–water partition coefficient (Wildman–Crippen LogP) is 3.37.